The standard InChI is InChI=1S/C23H17N4.2CN.Ir/c1-6-17-13-19-8-2-10-21(26-19)23(16-5-4-12-24-15-16)22-11-3-9-20(27-22)14-18(7-1)25-17;2*1-2;/h1-4,6-12,15,23H,13-14H2;;;/q3*-1;+3. The molecule has 0 saturated carbocycles. The van der Waals surface area contributed by atoms with Crippen LogP contribution in [-0.2, 0) is 32.9 Å². The molecule has 0 fully saturated rings. The molecule has 5 heterocycles. The summed E-state index contributed by atoms with van der Waals surface area (Å²) in [6, 6.07) is 23.7. The SMILES string of the molecule is [C-]#N.[C-]#N.[Ir+3].[c-]1ccncc1C1c2cccc(n2)Cc2cccc(n2)Cc2cccc1n2. The fraction of sp³-hybridized carbons (Fsp3) is 0.120. The third-order valence-corrected chi connectivity index (χ3v) is 4.77. The summed E-state index contributed by atoms with van der Waals surface area (Å²) in [7, 11) is 0. The molecule has 0 aromatic carbocycles. The summed E-state index contributed by atoms with van der Waals surface area (Å²) >= 11 is 0. The summed E-state index contributed by atoms with van der Waals surface area (Å²) in [5.74, 6) is -0.0932. The Labute approximate surface area is 201 Å². The van der Waals surface area contributed by atoms with E-state index in [2.05, 4.69) is 65.6 Å². The maximum atomic E-state index is 6.25. The number of aromatic nitrogens is 4. The Morgan fingerprint density at radius 2 is 1.19 bits per heavy atom. The summed E-state index contributed by atoms with van der Waals surface area (Å²) in [5, 5.41) is 12.5. The van der Waals surface area contributed by atoms with Crippen LogP contribution in [-0.4, -0.2) is 19.9 Å². The molecule has 0 aliphatic carbocycles. The van der Waals surface area contributed by atoms with Crippen molar-refractivity contribution in [1.82, 2.24) is 19.9 Å². The van der Waals surface area contributed by atoms with E-state index in [9.17, 15) is 0 Å². The molecular formula is C25H17IrN6. The molecule has 1 aliphatic heterocycles. The van der Waals surface area contributed by atoms with E-state index in [1.807, 2.05) is 12.3 Å². The minimum Gasteiger partial charge on any atom is -0.512 e. The normalized spacial score (nSPS) is 11.5. The molecule has 4 aromatic heterocycles. The van der Waals surface area contributed by atoms with Crippen molar-refractivity contribution in [1.29, 1.82) is 10.5 Å². The molecule has 4 aromatic rings. The van der Waals surface area contributed by atoms with E-state index >= 15 is 0 Å². The first kappa shape index (κ1) is 24.5. The first-order valence-electron chi connectivity index (χ1n) is 9.48. The Morgan fingerprint density at radius 1 is 0.719 bits per heavy atom. The number of rotatable bonds is 1. The summed E-state index contributed by atoms with van der Waals surface area (Å²) in [5.41, 5.74) is 6.94. The molecule has 6 bridgehead atoms. The Bertz CT molecular complexity index is 1120. The minimum absolute atomic E-state index is 0. The van der Waals surface area contributed by atoms with Crippen molar-refractivity contribution in [2.45, 2.75) is 18.8 Å². The van der Waals surface area contributed by atoms with E-state index in [-0.39, 0.29) is 26.0 Å². The van der Waals surface area contributed by atoms with Gasteiger partial charge in [0, 0.05) is 41.5 Å². The second-order valence-electron chi connectivity index (χ2n) is 6.71. The Kier molecular flexibility index (Phi) is 9.32. The van der Waals surface area contributed by atoms with Gasteiger partial charge in [-0.2, -0.15) is 12.1 Å². The number of hydrogen-bond acceptors (Lipinski definition) is 6. The largest absolute Gasteiger partial charge is 3.00 e. The van der Waals surface area contributed by atoms with Crippen LogP contribution in [0.15, 0.2) is 73.1 Å². The maximum Gasteiger partial charge on any atom is 3.00 e. The average molecular weight is 594 g/mol. The smallest absolute Gasteiger partial charge is 0.512 e. The first-order chi connectivity index (χ1) is 15.3. The van der Waals surface area contributed by atoms with Crippen molar-refractivity contribution in [2.24, 2.45) is 0 Å². The maximum absolute atomic E-state index is 6.25. The number of fused-ring (bicyclic) bond motifs is 6. The van der Waals surface area contributed by atoms with Crippen molar-refractivity contribution in [2.75, 3.05) is 0 Å². The summed E-state index contributed by atoms with van der Waals surface area (Å²) < 4.78 is 0. The van der Waals surface area contributed by atoms with Crippen LogP contribution in [0.3, 0.4) is 0 Å². The molecule has 0 N–H and O–H groups in total. The van der Waals surface area contributed by atoms with E-state index in [1.54, 1.807) is 6.20 Å². The van der Waals surface area contributed by atoms with Crippen LogP contribution >= 0.6 is 0 Å². The van der Waals surface area contributed by atoms with E-state index in [0.29, 0.717) is 12.8 Å². The van der Waals surface area contributed by atoms with Gasteiger partial charge in [-0.05, 0) is 36.4 Å². The van der Waals surface area contributed by atoms with Crippen LogP contribution in [0, 0.1) is 29.7 Å². The molecule has 0 unspecified atom stereocenters. The topological polar surface area (TPSA) is 99.1 Å². The van der Waals surface area contributed by atoms with Gasteiger partial charge in [0.2, 0.25) is 0 Å². The monoisotopic (exact) mass is 594 g/mol. The zero-order valence-corrected chi connectivity index (χ0v) is 19.3. The van der Waals surface area contributed by atoms with Gasteiger partial charge in [-0.25, -0.2) is 0 Å². The molecule has 0 atom stereocenters. The van der Waals surface area contributed by atoms with Gasteiger partial charge in [-0.15, -0.1) is 5.56 Å². The van der Waals surface area contributed by atoms with E-state index < -0.39 is 0 Å². The first-order valence-corrected chi connectivity index (χ1v) is 9.48. The Hall–Kier alpha value is -3.77. The third-order valence-electron chi connectivity index (χ3n) is 4.77. The van der Waals surface area contributed by atoms with Crippen LogP contribution in [0.25, 0.3) is 0 Å². The molecule has 6 nitrogen and oxygen atoms in total. The third kappa shape index (κ3) is 5.68. The predicted octanol–water partition coefficient (Wildman–Crippen LogP) is 3.93. The molecule has 156 valence electrons. The van der Waals surface area contributed by atoms with Gasteiger partial charge < -0.3 is 28.7 Å². The van der Waals surface area contributed by atoms with Gasteiger partial charge in [0.25, 0.3) is 0 Å². The molecular weight excluding hydrogens is 577 g/mol. The zero-order chi connectivity index (χ0) is 22.1. The summed E-state index contributed by atoms with van der Waals surface area (Å²) in [4.78, 5) is 19.0. The number of pyridine rings is 4. The van der Waals surface area contributed by atoms with Crippen LogP contribution < -0.4 is 0 Å². The van der Waals surface area contributed by atoms with Gasteiger partial charge in [-0.1, -0.05) is 30.6 Å². The second-order valence-corrected chi connectivity index (χ2v) is 6.71. The van der Waals surface area contributed by atoms with E-state index in [0.717, 1.165) is 39.7 Å². The summed E-state index contributed by atoms with van der Waals surface area (Å²) in [6.07, 6.45) is 5.02. The number of hydrogen-bond donors (Lipinski definition) is 0. The van der Waals surface area contributed by atoms with Crippen molar-refractivity contribution in [3.63, 3.8) is 0 Å². The molecule has 32 heavy (non-hydrogen) atoms. The molecule has 7 heteroatoms. The quantitative estimate of drug-likeness (QED) is 0.273. The van der Waals surface area contributed by atoms with Gasteiger partial charge in [-0.3, -0.25) is 15.0 Å². The second kappa shape index (κ2) is 12.2. The van der Waals surface area contributed by atoms with Crippen LogP contribution in [0.4, 0.5) is 0 Å². The molecule has 0 saturated heterocycles. The van der Waals surface area contributed by atoms with E-state index in [1.165, 1.54) is 0 Å². The van der Waals surface area contributed by atoms with Gasteiger partial charge in [0.15, 0.2) is 0 Å². The minimum atomic E-state index is -0.0932. The van der Waals surface area contributed by atoms with Gasteiger partial charge in [0.1, 0.15) is 0 Å². The molecule has 1 aliphatic rings. The van der Waals surface area contributed by atoms with E-state index in [4.69, 9.17) is 38.6 Å². The number of nitrogens with zero attached hydrogens (tertiary/aromatic N) is 6. The van der Waals surface area contributed by atoms with Crippen molar-refractivity contribution < 1.29 is 20.1 Å². The van der Waals surface area contributed by atoms with Crippen LogP contribution in [0.5, 0.6) is 0 Å². The average Bonchev–Trinajstić information content (AvgIpc) is 2.83. The van der Waals surface area contributed by atoms with Crippen molar-refractivity contribution in [3.8, 4) is 0 Å². The van der Waals surface area contributed by atoms with Crippen LogP contribution in [0.1, 0.15) is 45.6 Å². The zero-order valence-electron chi connectivity index (χ0n) is 16.9. The van der Waals surface area contributed by atoms with Crippen molar-refractivity contribution >= 4 is 0 Å². The van der Waals surface area contributed by atoms with Gasteiger partial charge in [0.05, 0.1) is 11.4 Å². The van der Waals surface area contributed by atoms with Gasteiger partial charge >= 0.3 is 20.1 Å². The predicted molar refractivity (Wildman–Crippen MR) is 112 cm³/mol. The molecule has 5 rings (SSSR count). The summed E-state index contributed by atoms with van der Waals surface area (Å²) in [6.45, 7) is 9.50. The Morgan fingerprint density at radius 3 is 1.66 bits per heavy atom. The molecule has 0 spiro atoms. The molecule has 0 radical (unpaired) electrons. The Balaban J connectivity index is 0.000000689. The fourth-order valence-electron chi connectivity index (χ4n) is 3.58. The van der Waals surface area contributed by atoms with Crippen molar-refractivity contribution in [3.05, 3.63) is 132 Å². The fourth-order valence-corrected chi connectivity index (χ4v) is 3.58. The van der Waals surface area contributed by atoms with Crippen LogP contribution in [0.2, 0.25) is 0 Å². The molecule has 0 amide bonds.